The van der Waals surface area contributed by atoms with Gasteiger partial charge in [0.2, 0.25) is 0 Å². The van der Waals surface area contributed by atoms with Crippen LogP contribution in [0.25, 0.3) is 22.3 Å². The van der Waals surface area contributed by atoms with Crippen molar-refractivity contribution in [3.8, 4) is 22.8 Å². The van der Waals surface area contributed by atoms with Gasteiger partial charge >= 0.3 is 5.97 Å². The van der Waals surface area contributed by atoms with Crippen LogP contribution in [-0.2, 0) is 27.5 Å². The molecule has 6 rings (SSSR count). The number of aromatic nitrogens is 4. The van der Waals surface area contributed by atoms with Crippen LogP contribution in [0.2, 0.25) is 0 Å². The molecule has 0 spiro atoms. The second-order valence-electron chi connectivity index (χ2n) is 12.9. The van der Waals surface area contributed by atoms with Gasteiger partial charge in [0.05, 0.1) is 40.6 Å². The van der Waals surface area contributed by atoms with Crippen molar-refractivity contribution in [1.29, 1.82) is 0 Å². The number of rotatable bonds is 4. The van der Waals surface area contributed by atoms with E-state index in [9.17, 15) is 18.3 Å². The van der Waals surface area contributed by atoms with Gasteiger partial charge in [0, 0.05) is 29.8 Å². The lowest BCUT2D eigenvalue weighted by molar-refractivity contribution is -0.136. The number of sulfone groups is 1. The van der Waals surface area contributed by atoms with Crippen molar-refractivity contribution < 1.29 is 31.8 Å². The lowest BCUT2D eigenvalue weighted by Crippen LogP contribution is -2.27. The smallest absolute Gasteiger partial charge is 0.303 e. The van der Waals surface area contributed by atoms with Gasteiger partial charge in [-0.2, -0.15) is 5.10 Å². The number of benzene rings is 3. The van der Waals surface area contributed by atoms with Crippen LogP contribution in [0.4, 0.5) is 8.78 Å². The Hall–Kier alpha value is -4.58. The van der Waals surface area contributed by atoms with Crippen LogP contribution < -0.4 is 4.74 Å². The van der Waals surface area contributed by atoms with Crippen molar-refractivity contribution in [2.75, 3.05) is 11.5 Å². The molecule has 3 aromatic carbocycles. The van der Waals surface area contributed by atoms with Crippen LogP contribution in [0.15, 0.2) is 67.1 Å². The third-order valence-corrected chi connectivity index (χ3v) is 10.7. The number of nitrogens with zero attached hydrogens (tertiary/aromatic N) is 3. The van der Waals surface area contributed by atoms with Gasteiger partial charge in [-0.25, -0.2) is 22.2 Å². The van der Waals surface area contributed by atoms with Crippen molar-refractivity contribution in [2.45, 2.75) is 58.4 Å². The van der Waals surface area contributed by atoms with Gasteiger partial charge in [0.25, 0.3) is 0 Å². The molecule has 0 amide bonds. The third-order valence-electron chi connectivity index (χ3n) is 8.65. The molecule has 2 N–H and O–H groups in total. The van der Waals surface area contributed by atoms with E-state index in [0.717, 1.165) is 11.1 Å². The van der Waals surface area contributed by atoms with Crippen LogP contribution in [0.3, 0.4) is 0 Å². The molecule has 4 bridgehead atoms. The first-order chi connectivity index (χ1) is 22.4. The topological polar surface area (TPSA) is 127 Å². The minimum atomic E-state index is -3.59. The van der Waals surface area contributed by atoms with E-state index in [-0.39, 0.29) is 47.5 Å². The zero-order chi connectivity index (χ0) is 33.3. The number of aromatic amines is 1. The number of carbonyl (C=O) groups is 1. The molecule has 9 nitrogen and oxygen atoms in total. The van der Waals surface area contributed by atoms with Crippen LogP contribution in [0.5, 0.6) is 11.5 Å². The Balaban J connectivity index is 1.44. The van der Waals surface area contributed by atoms with Gasteiger partial charge in [-0.1, -0.05) is 44.5 Å². The van der Waals surface area contributed by atoms with E-state index in [1.807, 2.05) is 38.1 Å². The first kappa shape index (κ1) is 32.4. The van der Waals surface area contributed by atoms with Crippen LogP contribution in [0.1, 0.15) is 62.3 Å². The Labute approximate surface area is 271 Å². The fraction of sp³-hybridized carbons (Fsp3) is 0.343. The van der Waals surface area contributed by atoms with E-state index >= 15 is 8.78 Å². The van der Waals surface area contributed by atoms with Crippen molar-refractivity contribution >= 4 is 26.8 Å². The summed E-state index contributed by atoms with van der Waals surface area (Å²) in [6.07, 6.45) is 5.42. The summed E-state index contributed by atoms with van der Waals surface area (Å²) in [5.74, 6) is -2.42. The van der Waals surface area contributed by atoms with Gasteiger partial charge < -0.3 is 14.8 Å². The summed E-state index contributed by atoms with van der Waals surface area (Å²) in [5.41, 5.74) is 2.87. The zero-order valence-corrected chi connectivity index (χ0v) is 27.0. The van der Waals surface area contributed by atoms with E-state index in [0.29, 0.717) is 48.0 Å². The second kappa shape index (κ2) is 12.9. The van der Waals surface area contributed by atoms with E-state index in [2.05, 4.69) is 9.97 Å². The van der Waals surface area contributed by atoms with Crippen LogP contribution in [-0.4, -0.2) is 50.7 Å². The number of carboxylic acid groups (broad SMARTS) is 1. The summed E-state index contributed by atoms with van der Waals surface area (Å²) in [6, 6.07) is 14.4. The first-order valence-electron chi connectivity index (χ1n) is 15.6. The molecule has 1 unspecified atom stereocenters. The standard InChI is InChI=1S/C35H36F2N4O5S/c1-35(2)14-4-7-31(23-6-3-5-22(17-23)8-11-32(42)43)41-15-12-29(40-41)26-18-24(9-10-27(26)36)46-34-25(13-16-47(44,45)20-35)33-30(19-28(34)37)38-21-39-33/h3,5-6,9-10,12,15,17-19,21,31H,4,7-8,11,13-14,16,20H2,1-2H3,(H,38,39)(H,42,43). The molecule has 3 heterocycles. The maximum atomic E-state index is 15.5. The number of aliphatic carboxylic acids is 1. The Morgan fingerprint density at radius 3 is 2.77 bits per heavy atom. The molecule has 0 saturated heterocycles. The van der Waals surface area contributed by atoms with Gasteiger partial charge in [0.1, 0.15) is 11.6 Å². The average Bonchev–Trinajstić information content (AvgIpc) is 3.68. The quantitative estimate of drug-likeness (QED) is 0.207. The highest BCUT2D eigenvalue weighted by atomic mass is 32.2. The molecule has 1 aliphatic heterocycles. The summed E-state index contributed by atoms with van der Waals surface area (Å²) in [6.45, 7) is 3.85. The van der Waals surface area contributed by atoms with Crippen molar-refractivity contribution in [3.63, 3.8) is 0 Å². The summed E-state index contributed by atoms with van der Waals surface area (Å²) < 4.78 is 65.6. The molecular formula is C35H36F2N4O5S. The highest BCUT2D eigenvalue weighted by Gasteiger charge is 2.29. The molecule has 12 heteroatoms. The number of fused-ring (bicyclic) bond motifs is 8. The first-order valence-corrected chi connectivity index (χ1v) is 17.4. The van der Waals surface area contributed by atoms with E-state index in [4.69, 9.17) is 9.84 Å². The Bertz CT molecular complexity index is 2050. The SMILES string of the molecule is CC1(C)CCCC(c2cccc(CCC(=O)O)c2)n2ccc(n2)-c2cc(ccc2F)Oc2c(F)cc3[nH]cnc3c2CCS(=O)(=O)C1. The molecular weight excluding hydrogens is 626 g/mol. The Morgan fingerprint density at radius 2 is 1.96 bits per heavy atom. The molecule has 0 radical (unpaired) electrons. The van der Waals surface area contributed by atoms with Crippen LogP contribution >= 0.6 is 0 Å². The lowest BCUT2D eigenvalue weighted by Gasteiger charge is -2.26. The summed E-state index contributed by atoms with van der Waals surface area (Å²) in [4.78, 5) is 18.4. The highest BCUT2D eigenvalue weighted by Crippen LogP contribution is 2.37. The second-order valence-corrected chi connectivity index (χ2v) is 15.1. The summed E-state index contributed by atoms with van der Waals surface area (Å²) >= 11 is 0. The lowest BCUT2D eigenvalue weighted by atomic mass is 9.87. The van der Waals surface area contributed by atoms with Crippen molar-refractivity contribution in [1.82, 2.24) is 19.7 Å². The average molecular weight is 663 g/mol. The third kappa shape index (κ3) is 7.38. The number of nitrogens with one attached hydrogen (secondary N) is 1. The molecule has 5 aromatic rings. The summed E-state index contributed by atoms with van der Waals surface area (Å²) in [7, 11) is -3.59. The number of hydrogen-bond acceptors (Lipinski definition) is 6. The highest BCUT2D eigenvalue weighted by molar-refractivity contribution is 7.91. The van der Waals surface area contributed by atoms with Crippen LogP contribution in [0, 0.1) is 17.0 Å². The Morgan fingerprint density at radius 1 is 1.13 bits per heavy atom. The molecule has 0 fully saturated rings. The fourth-order valence-electron chi connectivity index (χ4n) is 6.41. The number of carboxylic acids is 1. The molecule has 2 aromatic heterocycles. The maximum Gasteiger partial charge on any atom is 0.303 e. The van der Waals surface area contributed by atoms with Crippen molar-refractivity contribution in [2.24, 2.45) is 5.41 Å². The number of ether oxygens (including phenoxy) is 1. The van der Waals surface area contributed by atoms with Gasteiger partial charge in [-0.15, -0.1) is 0 Å². The van der Waals surface area contributed by atoms with E-state index in [1.165, 1.54) is 30.6 Å². The van der Waals surface area contributed by atoms with Crippen molar-refractivity contribution in [3.05, 3.63) is 95.4 Å². The van der Waals surface area contributed by atoms with Gasteiger partial charge in [0.15, 0.2) is 21.4 Å². The monoisotopic (exact) mass is 662 g/mol. The molecule has 0 saturated carbocycles. The van der Waals surface area contributed by atoms with E-state index in [1.54, 1.807) is 16.9 Å². The number of hydrogen-bond donors (Lipinski definition) is 2. The maximum absolute atomic E-state index is 15.5. The minimum Gasteiger partial charge on any atom is -0.481 e. The molecule has 0 aliphatic carbocycles. The van der Waals surface area contributed by atoms with Gasteiger partial charge in [-0.3, -0.25) is 9.48 Å². The molecule has 47 heavy (non-hydrogen) atoms. The number of aryl methyl sites for hydroxylation is 2. The predicted molar refractivity (Wildman–Crippen MR) is 174 cm³/mol. The zero-order valence-electron chi connectivity index (χ0n) is 26.2. The largest absolute Gasteiger partial charge is 0.481 e. The number of H-pyrrole nitrogens is 1. The summed E-state index contributed by atoms with van der Waals surface area (Å²) in [5, 5.41) is 14.0. The number of halogens is 2. The molecule has 246 valence electrons. The predicted octanol–water partition coefficient (Wildman–Crippen LogP) is 7.27. The number of imidazole rings is 1. The normalized spacial score (nSPS) is 18.1. The fourth-order valence-corrected chi connectivity index (χ4v) is 8.40. The van der Waals surface area contributed by atoms with E-state index < -0.39 is 32.9 Å². The molecule has 1 aliphatic rings. The van der Waals surface area contributed by atoms with Gasteiger partial charge in [-0.05, 0) is 66.5 Å². The minimum absolute atomic E-state index is 0.00133. The Kier molecular flexibility index (Phi) is 8.88. The molecule has 1 atom stereocenters.